The SMILES string of the molecule is Cn1c(NCCCNc2ccccc2C(=O)c2cccnc2)cc(=O)n(C)c1=O. The quantitative estimate of drug-likeness (QED) is 0.446. The van der Waals surface area contributed by atoms with E-state index in [4.69, 9.17) is 0 Å². The summed E-state index contributed by atoms with van der Waals surface area (Å²) >= 11 is 0. The summed E-state index contributed by atoms with van der Waals surface area (Å²) in [6.45, 7) is 1.18. The largest absolute Gasteiger partial charge is 0.384 e. The second kappa shape index (κ2) is 9.01. The van der Waals surface area contributed by atoms with Crippen LogP contribution >= 0.6 is 0 Å². The standard InChI is InChI=1S/C21H23N5O3/c1-25-18(13-19(27)26(2)21(25)29)24-12-6-11-23-17-9-4-3-8-16(17)20(28)15-7-5-10-22-14-15/h3-5,7-10,13-14,23-24H,6,11-12H2,1-2H3. The fourth-order valence-electron chi connectivity index (χ4n) is 2.92. The van der Waals surface area contributed by atoms with E-state index in [-0.39, 0.29) is 17.0 Å². The van der Waals surface area contributed by atoms with Crippen LogP contribution in [0.15, 0.2) is 64.4 Å². The number of ketones is 1. The summed E-state index contributed by atoms with van der Waals surface area (Å²) in [6.07, 6.45) is 3.91. The minimum Gasteiger partial charge on any atom is -0.384 e. The Kier molecular flexibility index (Phi) is 6.23. The molecule has 0 saturated heterocycles. The fourth-order valence-corrected chi connectivity index (χ4v) is 2.92. The molecule has 150 valence electrons. The Morgan fingerprint density at radius 3 is 2.52 bits per heavy atom. The molecule has 0 bridgehead atoms. The predicted molar refractivity (Wildman–Crippen MR) is 113 cm³/mol. The molecule has 2 aromatic heterocycles. The number of hydrogen-bond donors (Lipinski definition) is 2. The van der Waals surface area contributed by atoms with Crippen LogP contribution in [0.1, 0.15) is 22.3 Å². The van der Waals surface area contributed by atoms with Crippen LogP contribution in [0.25, 0.3) is 0 Å². The molecule has 8 nitrogen and oxygen atoms in total. The van der Waals surface area contributed by atoms with E-state index in [1.165, 1.54) is 17.7 Å². The van der Waals surface area contributed by atoms with Crippen molar-refractivity contribution in [2.75, 3.05) is 23.7 Å². The van der Waals surface area contributed by atoms with Crippen LogP contribution in [0.3, 0.4) is 0 Å². The number of nitrogens with one attached hydrogen (secondary N) is 2. The third-order valence-electron chi connectivity index (χ3n) is 4.60. The summed E-state index contributed by atoms with van der Waals surface area (Å²) in [5.74, 6) is 0.389. The fraction of sp³-hybridized carbons (Fsp3) is 0.238. The third kappa shape index (κ3) is 4.60. The number of nitrogens with zero attached hydrogens (tertiary/aromatic N) is 3. The van der Waals surface area contributed by atoms with Gasteiger partial charge in [0.25, 0.3) is 5.56 Å². The molecule has 1 aromatic carbocycles. The Labute approximate surface area is 167 Å². The van der Waals surface area contributed by atoms with Crippen LogP contribution in [-0.4, -0.2) is 33.0 Å². The molecule has 8 heteroatoms. The molecule has 0 unspecified atom stereocenters. The molecule has 0 amide bonds. The van der Waals surface area contributed by atoms with Crippen LogP contribution in [0, 0.1) is 0 Å². The lowest BCUT2D eigenvalue weighted by Gasteiger charge is -2.13. The summed E-state index contributed by atoms with van der Waals surface area (Å²) in [5, 5.41) is 6.39. The van der Waals surface area contributed by atoms with E-state index in [2.05, 4.69) is 15.6 Å². The Balaban J connectivity index is 1.59. The number of carbonyl (C=O) groups excluding carboxylic acids is 1. The zero-order valence-corrected chi connectivity index (χ0v) is 16.4. The zero-order valence-electron chi connectivity index (χ0n) is 16.4. The molecule has 0 saturated carbocycles. The molecule has 0 spiro atoms. The van der Waals surface area contributed by atoms with Gasteiger partial charge < -0.3 is 10.6 Å². The molecule has 0 aliphatic carbocycles. The molecule has 0 radical (unpaired) electrons. The van der Waals surface area contributed by atoms with Crippen molar-refractivity contribution < 1.29 is 4.79 Å². The van der Waals surface area contributed by atoms with Crippen LogP contribution in [0.5, 0.6) is 0 Å². The summed E-state index contributed by atoms with van der Waals surface area (Å²) in [7, 11) is 3.06. The lowest BCUT2D eigenvalue weighted by Crippen LogP contribution is -2.37. The molecule has 3 aromatic rings. The first-order valence-corrected chi connectivity index (χ1v) is 9.27. The Morgan fingerprint density at radius 1 is 1.00 bits per heavy atom. The molecule has 2 heterocycles. The molecule has 0 fully saturated rings. The van der Waals surface area contributed by atoms with Gasteiger partial charge in [0, 0.05) is 62.5 Å². The molecular weight excluding hydrogens is 370 g/mol. The summed E-state index contributed by atoms with van der Waals surface area (Å²) < 4.78 is 2.46. The average molecular weight is 393 g/mol. The van der Waals surface area contributed by atoms with Crippen molar-refractivity contribution >= 4 is 17.3 Å². The normalized spacial score (nSPS) is 10.6. The van der Waals surface area contributed by atoms with Gasteiger partial charge >= 0.3 is 5.69 Å². The maximum Gasteiger partial charge on any atom is 0.332 e. The second-order valence-corrected chi connectivity index (χ2v) is 6.59. The van der Waals surface area contributed by atoms with E-state index < -0.39 is 0 Å². The monoisotopic (exact) mass is 393 g/mol. The van der Waals surface area contributed by atoms with Crippen LogP contribution in [0.2, 0.25) is 0 Å². The number of aromatic nitrogens is 3. The number of pyridine rings is 1. The zero-order chi connectivity index (χ0) is 20.8. The number of rotatable bonds is 8. The first-order chi connectivity index (χ1) is 14.0. The summed E-state index contributed by atoms with van der Waals surface area (Å²) in [5.41, 5.74) is 1.15. The molecule has 2 N–H and O–H groups in total. The van der Waals surface area contributed by atoms with Crippen molar-refractivity contribution in [2.24, 2.45) is 14.1 Å². The van der Waals surface area contributed by atoms with E-state index in [0.29, 0.717) is 30.0 Å². The average Bonchev–Trinajstić information content (AvgIpc) is 2.75. The van der Waals surface area contributed by atoms with Crippen molar-refractivity contribution in [3.63, 3.8) is 0 Å². The van der Waals surface area contributed by atoms with Crippen LogP contribution < -0.4 is 21.9 Å². The van der Waals surface area contributed by atoms with Gasteiger partial charge in [-0.05, 0) is 30.7 Å². The van der Waals surface area contributed by atoms with Gasteiger partial charge in [0.15, 0.2) is 5.78 Å². The van der Waals surface area contributed by atoms with Crippen molar-refractivity contribution in [1.82, 2.24) is 14.1 Å². The number of anilines is 2. The Morgan fingerprint density at radius 2 is 1.76 bits per heavy atom. The number of carbonyl (C=O) groups is 1. The maximum atomic E-state index is 12.7. The highest BCUT2D eigenvalue weighted by atomic mass is 16.2. The van der Waals surface area contributed by atoms with E-state index in [1.54, 1.807) is 37.6 Å². The molecule has 3 rings (SSSR count). The van der Waals surface area contributed by atoms with Gasteiger partial charge in [-0.2, -0.15) is 0 Å². The highest BCUT2D eigenvalue weighted by molar-refractivity contribution is 6.12. The Hall–Kier alpha value is -3.68. The highest BCUT2D eigenvalue weighted by Crippen LogP contribution is 2.19. The van der Waals surface area contributed by atoms with Crippen molar-refractivity contribution in [2.45, 2.75) is 6.42 Å². The van der Waals surface area contributed by atoms with Gasteiger partial charge in [-0.3, -0.25) is 23.7 Å². The van der Waals surface area contributed by atoms with Gasteiger partial charge in [0.2, 0.25) is 0 Å². The number of benzene rings is 1. The first-order valence-electron chi connectivity index (χ1n) is 9.27. The summed E-state index contributed by atoms with van der Waals surface area (Å²) in [4.78, 5) is 40.4. The van der Waals surface area contributed by atoms with Gasteiger partial charge in [0.05, 0.1) is 0 Å². The van der Waals surface area contributed by atoms with Gasteiger partial charge in [-0.25, -0.2) is 4.79 Å². The van der Waals surface area contributed by atoms with Crippen molar-refractivity contribution in [3.05, 3.63) is 86.8 Å². The molecular formula is C21H23N5O3. The van der Waals surface area contributed by atoms with Gasteiger partial charge in [0.1, 0.15) is 5.82 Å². The topological polar surface area (TPSA) is 98.0 Å². The second-order valence-electron chi connectivity index (χ2n) is 6.59. The lowest BCUT2D eigenvalue weighted by molar-refractivity contribution is 0.103. The first kappa shape index (κ1) is 20.1. The molecule has 0 aliphatic heterocycles. The van der Waals surface area contributed by atoms with E-state index >= 15 is 0 Å². The van der Waals surface area contributed by atoms with Crippen molar-refractivity contribution in [1.29, 1.82) is 0 Å². The minimum atomic E-state index is -0.374. The summed E-state index contributed by atoms with van der Waals surface area (Å²) in [6, 6.07) is 12.2. The maximum absolute atomic E-state index is 12.7. The van der Waals surface area contributed by atoms with E-state index in [9.17, 15) is 14.4 Å². The minimum absolute atomic E-state index is 0.0885. The molecule has 0 atom stereocenters. The highest BCUT2D eigenvalue weighted by Gasteiger charge is 2.13. The predicted octanol–water partition coefficient (Wildman–Crippen LogP) is 1.62. The van der Waals surface area contributed by atoms with Crippen molar-refractivity contribution in [3.8, 4) is 0 Å². The van der Waals surface area contributed by atoms with Gasteiger partial charge in [-0.15, -0.1) is 0 Å². The number of para-hydroxylation sites is 1. The molecule has 0 aliphatic rings. The van der Waals surface area contributed by atoms with E-state index in [0.717, 1.165) is 16.7 Å². The van der Waals surface area contributed by atoms with Gasteiger partial charge in [-0.1, -0.05) is 12.1 Å². The Bertz CT molecular complexity index is 1120. The van der Waals surface area contributed by atoms with Crippen LogP contribution in [0.4, 0.5) is 11.5 Å². The number of hydrogen-bond acceptors (Lipinski definition) is 6. The smallest absolute Gasteiger partial charge is 0.332 e. The third-order valence-corrected chi connectivity index (χ3v) is 4.60. The molecule has 29 heavy (non-hydrogen) atoms. The van der Waals surface area contributed by atoms with Crippen LogP contribution in [-0.2, 0) is 14.1 Å². The lowest BCUT2D eigenvalue weighted by atomic mass is 10.0. The van der Waals surface area contributed by atoms with E-state index in [1.807, 2.05) is 18.2 Å².